The molecular formula is C22H33F2N5O. The van der Waals surface area contributed by atoms with E-state index < -0.39 is 23.5 Å². The largest absolute Gasteiger partial charge is 0.323 e. The van der Waals surface area contributed by atoms with Crippen molar-refractivity contribution in [3.8, 4) is 0 Å². The van der Waals surface area contributed by atoms with Gasteiger partial charge in [0.25, 0.3) is 0 Å². The maximum absolute atomic E-state index is 13.7. The van der Waals surface area contributed by atoms with Crippen LogP contribution in [-0.2, 0) is 11.3 Å². The van der Waals surface area contributed by atoms with Crippen molar-refractivity contribution < 1.29 is 13.6 Å². The molecule has 166 valence electrons. The number of unbranched alkanes of at least 4 members (excludes halogenated alkanes) is 9. The molecule has 0 saturated heterocycles. The molecule has 0 aliphatic heterocycles. The van der Waals surface area contributed by atoms with Gasteiger partial charge in [-0.05, 0) is 30.7 Å². The molecule has 0 aliphatic rings. The van der Waals surface area contributed by atoms with Gasteiger partial charge in [-0.3, -0.25) is 4.79 Å². The van der Waals surface area contributed by atoms with E-state index in [-0.39, 0.29) is 11.5 Å². The number of hydrogen-bond acceptors (Lipinski definition) is 4. The molecule has 1 N–H and O–H groups in total. The topological polar surface area (TPSA) is 72.7 Å². The molecule has 6 nitrogen and oxygen atoms in total. The quantitative estimate of drug-likeness (QED) is 0.402. The molecule has 8 heteroatoms. The molecule has 1 aromatic carbocycles. The second-order valence-electron chi connectivity index (χ2n) is 7.76. The summed E-state index contributed by atoms with van der Waals surface area (Å²) in [5.41, 5.74) is -0.0778. The number of carbonyl (C=O) groups excluding carboxylic acids is 1. The molecule has 30 heavy (non-hydrogen) atoms. The lowest BCUT2D eigenvalue weighted by Crippen LogP contribution is -2.20. The maximum atomic E-state index is 13.7. The third kappa shape index (κ3) is 8.16. The Bertz CT molecular complexity index is 781. The van der Waals surface area contributed by atoms with E-state index in [1.165, 1.54) is 62.2 Å². The molecule has 0 bridgehead atoms. The molecule has 1 unspecified atom stereocenters. The van der Waals surface area contributed by atoms with Gasteiger partial charge < -0.3 is 5.32 Å². The highest BCUT2D eigenvalue weighted by Crippen LogP contribution is 2.18. The lowest BCUT2D eigenvalue weighted by atomic mass is 10.1. The molecule has 2 rings (SSSR count). The number of nitrogens with one attached hydrogen (secondary N) is 1. The molecule has 0 saturated carbocycles. The number of amides is 1. The fraction of sp³-hybridized carbons (Fsp3) is 0.636. The lowest BCUT2D eigenvalue weighted by molar-refractivity contribution is -0.117. The number of nitrogens with zero attached hydrogens (tertiary/aromatic N) is 4. The van der Waals surface area contributed by atoms with Crippen molar-refractivity contribution in [1.29, 1.82) is 0 Å². The summed E-state index contributed by atoms with van der Waals surface area (Å²) >= 11 is 0. The van der Waals surface area contributed by atoms with Gasteiger partial charge in [0.05, 0.1) is 18.2 Å². The first-order chi connectivity index (χ1) is 14.5. The zero-order valence-corrected chi connectivity index (χ0v) is 18.0. The highest BCUT2D eigenvalue weighted by molar-refractivity contribution is 5.95. The van der Waals surface area contributed by atoms with Crippen molar-refractivity contribution in [3.63, 3.8) is 0 Å². The van der Waals surface area contributed by atoms with Crippen LogP contribution in [0.1, 0.15) is 89.8 Å². The first-order valence-electron chi connectivity index (χ1n) is 11.0. The van der Waals surface area contributed by atoms with Crippen LogP contribution in [0.2, 0.25) is 0 Å². The molecule has 0 fully saturated rings. The summed E-state index contributed by atoms with van der Waals surface area (Å²) in [6.07, 6.45) is 12.5. The number of rotatable bonds is 14. The predicted molar refractivity (Wildman–Crippen MR) is 113 cm³/mol. The van der Waals surface area contributed by atoms with Crippen LogP contribution in [-0.4, -0.2) is 26.1 Å². The summed E-state index contributed by atoms with van der Waals surface area (Å²) < 4.78 is 26.7. The van der Waals surface area contributed by atoms with Gasteiger partial charge in [0.2, 0.25) is 5.91 Å². The van der Waals surface area contributed by atoms with E-state index in [4.69, 9.17) is 0 Å². The number of tetrazole rings is 1. The predicted octanol–water partition coefficient (Wildman–Crippen LogP) is 5.61. The molecule has 2 aromatic rings. The Morgan fingerprint density at radius 2 is 1.67 bits per heavy atom. The van der Waals surface area contributed by atoms with Gasteiger partial charge in [-0.25, -0.2) is 8.78 Å². The Balaban J connectivity index is 1.66. The highest BCUT2D eigenvalue weighted by atomic mass is 19.1. The van der Waals surface area contributed by atoms with Crippen LogP contribution in [0, 0.1) is 11.6 Å². The summed E-state index contributed by atoms with van der Waals surface area (Å²) in [7, 11) is 0. The minimum Gasteiger partial charge on any atom is -0.323 e. The molecular weight excluding hydrogens is 388 g/mol. The first-order valence-corrected chi connectivity index (χ1v) is 11.0. The zero-order valence-electron chi connectivity index (χ0n) is 18.0. The summed E-state index contributed by atoms with van der Waals surface area (Å²) in [5, 5.41) is 14.7. The van der Waals surface area contributed by atoms with Crippen molar-refractivity contribution in [3.05, 3.63) is 35.7 Å². The number of halogens is 2. The minimum absolute atomic E-state index is 0.0778. The van der Waals surface area contributed by atoms with E-state index in [1.54, 1.807) is 6.92 Å². The number of hydrogen-bond donors (Lipinski definition) is 1. The van der Waals surface area contributed by atoms with Crippen molar-refractivity contribution in [1.82, 2.24) is 20.2 Å². The number of benzene rings is 1. The Hall–Kier alpha value is -2.38. The summed E-state index contributed by atoms with van der Waals surface area (Å²) in [4.78, 5) is 13.8. The number of anilines is 1. The Morgan fingerprint density at radius 1 is 1.03 bits per heavy atom. The van der Waals surface area contributed by atoms with Crippen LogP contribution in [0.15, 0.2) is 18.2 Å². The molecule has 1 amide bonds. The second-order valence-corrected chi connectivity index (χ2v) is 7.76. The van der Waals surface area contributed by atoms with Gasteiger partial charge in [-0.15, -0.1) is 10.2 Å². The van der Waals surface area contributed by atoms with E-state index in [1.807, 2.05) is 0 Å². The zero-order chi connectivity index (χ0) is 21.8. The standard InChI is InChI=1S/C22H33F2N5O/c1-3-4-5-6-7-8-9-10-11-12-15-29-27-21(26-28-29)17(2)22(30)25-20-14-13-18(23)16-19(20)24/h13-14,16-17H,3-12,15H2,1-2H3,(H,25,30). The van der Waals surface area contributed by atoms with Crippen LogP contribution in [0.25, 0.3) is 0 Å². The van der Waals surface area contributed by atoms with Gasteiger partial charge in [-0.1, -0.05) is 64.7 Å². The average Bonchev–Trinajstić information content (AvgIpc) is 3.19. The monoisotopic (exact) mass is 421 g/mol. The van der Waals surface area contributed by atoms with Crippen molar-refractivity contribution in [2.75, 3.05) is 5.32 Å². The Morgan fingerprint density at radius 3 is 2.30 bits per heavy atom. The van der Waals surface area contributed by atoms with Gasteiger partial charge in [0.1, 0.15) is 11.6 Å². The number of aromatic nitrogens is 4. The van der Waals surface area contributed by atoms with Crippen LogP contribution in [0.3, 0.4) is 0 Å². The maximum Gasteiger partial charge on any atom is 0.235 e. The smallest absolute Gasteiger partial charge is 0.235 e. The fourth-order valence-corrected chi connectivity index (χ4v) is 3.21. The lowest BCUT2D eigenvalue weighted by Gasteiger charge is -2.09. The molecule has 0 spiro atoms. The summed E-state index contributed by atoms with van der Waals surface area (Å²) in [5.74, 6) is -2.42. The third-order valence-electron chi connectivity index (χ3n) is 5.15. The SMILES string of the molecule is CCCCCCCCCCCCn1nnc(C(C)C(=O)Nc2ccc(F)cc2F)n1. The van der Waals surface area contributed by atoms with Gasteiger partial charge in [-0.2, -0.15) is 4.80 Å². The minimum atomic E-state index is -0.826. The van der Waals surface area contributed by atoms with E-state index in [0.29, 0.717) is 6.54 Å². The van der Waals surface area contributed by atoms with Gasteiger partial charge in [0.15, 0.2) is 5.82 Å². The second kappa shape index (κ2) is 13.0. The van der Waals surface area contributed by atoms with E-state index in [9.17, 15) is 13.6 Å². The number of aryl methyl sites for hydroxylation is 1. The molecule has 1 heterocycles. The normalized spacial score (nSPS) is 12.1. The van der Waals surface area contributed by atoms with E-state index in [2.05, 4.69) is 27.7 Å². The van der Waals surface area contributed by atoms with Crippen LogP contribution in [0.4, 0.5) is 14.5 Å². The van der Waals surface area contributed by atoms with Crippen molar-refractivity contribution >= 4 is 11.6 Å². The van der Waals surface area contributed by atoms with Gasteiger partial charge in [0, 0.05) is 6.07 Å². The van der Waals surface area contributed by atoms with E-state index >= 15 is 0 Å². The molecule has 0 radical (unpaired) electrons. The van der Waals surface area contributed by atoms with E-state index in [0.717, 1.165) is 25.0 Å². The molecule has 0 aliphatic carbocycles. The molecule has 1 aromatic heterocycles. The van der Waals surface area contributed by atoms with Crippen molar-refractivity contribution in [2.45, 2.75) is 90.5 Å². The Labute approximate surface area is 177 Å². The first kappa shape index (κ1) is 23.9. The van der Waals surface area contributed by atoms with Gasteiger partial charge >= 0.3 is 0 Å². The Kier molecular flexibility index (Phi) is 10.4. The number of carbonyl (C=O) groups is 1. The highest BCUT2D eigenvalue weighted by Gasteiger charge is 2.21. The van der Waals surface area contributed by atoms with Crippen LogP contribution < -0.4 is 5.32 Å². The average molecular weight is 422 g/mol. The fourth-order valence-electron chi connectivity index (χ4n) is 3.21. The van der Waals surface area contributed by atoms with Crippen LogP contribution >= 0.6 is 0 Å². The summed E-state index contributed by atoms with van der Waals surface area (Å²) in [6, 6.07) is 3.00. The van der Waals surface area contributed by atoms with Crippen LogP contribution in [0.5, 0.6) is 0 Å². The third-order valence-corrected chi connectivity index (χ3v) is 5.15. The molecule has 1 atom stereocenters. The summed E-state index contributed by atoms with van der Waals surface area (Å²) in [6.45, 7) is 4.51. The van der Waals surface area contributed by atoms with Crippen molar-refractivity contribution in [2.24, 2.45) is 0 Å².